The maximum absolute atomic E-state index is 9.69. The molecule has 1 aliphatic rings. The van der Waals surface area contributed by atoms with E-state index >= 15 is 0 Å². The fourth-order valence-electron chi connectivity index (χ4n) is 2.10. The average molecular weight is 186 g/mol. The second-order valence-corrected chi connectivity index (χ2v) is 3.84. The lowest BCUT2D eigenvalue weighted by Gasteiger charge is -2.36. The van der Waals surface area contributed by atoms with Crippen molar-refractivity contribution in [2.75, 3.05) is 13.2 Å². The molecule has 0 radical (unpaired) electrons. The Morgan fingerprint density at radius 3 is 1.92 bits per heavy atom. The van der Waals surface area contributed by atoms with Crippen molar-refractivity contribution in [3.8, 4) is 0 Å². The molecular formula is C10H18O3. The van der Waals surface area contributed by atoms with Crippen LogP contribution in [0.5, 0.6) is 0 Å². The normalized spacial score (nSPS) is 40.2. The summed E-state index contributed by atoms with van der Waals surface area (Å²) in [5.41, 5.74) is 0. The summed E-state index contributed by atoms with van der Waals surface area (Å²) in [5, 5.41) is 27.7. The van der Waals surface area contributed by atoms with Gasteiger partial charge in [-0.3, -0.25) is 0 Å². The predicted octanol–water partition coefficient (Wildman–Crippen LogP) is 0.160. The first-order chi connectivity index (χ1) is 6.22. The van der Waals surface area contributed by atoms with Gasteiger partial charge in [-0.25, -0.2) is 0 Å². The third kappa shape index (κ3) is 2.30. The van der Waals surface area contributed by atoms with E-state index in [9.17, 15) is 5.11 Å². The second kappa shape index (κ2) is 4.74. The smallest absolute Gasteiger partial charge is 0.0640 e. The Morgan fingerprint density at radius 2 is 1.62 bits per heavy atom. The molecule has 2 atom stereocenters. The molecule has 3 nitrogen and oxygen atoms in total. The maximum Gasteiger partial charge on any atom is 0.0640 e. The molecule has 1 rings (SSSR count). The monoisotopic (exact) mass is 186 g/mol. The van der Waals surface area contributed by atoms with Crippen LogP contribution in [0.1, 0.15) is 12.8 Å². The predicted molar refractivity (Wildman–Crippen MR) is 50.1 cm³/mol. The Morgan fingerprint density at radius 1 is 1.15 bits per heavy atom. The molecule has 0 aromatic heterocycles. The molecule has 0 amide bonds. The van der Waals surface area contributed by atoms with Crippen molar-refractivity contribution in [2.24, 2.45) is 17.8 Å². The molecule has 0 heterocycles. The largest absolute Gasteiger partial charge is 0.396 e. The summed E-state index contributed by atoms with van der Waals surface area (Å²) in [6, 6.07) is 0. The van der Waals surface area contributed by atoms with Gasteiger partial charge in [0, 0.05) is 25.0 Å². The Hall–Kier alpha value is -0.380. The molecule has 76 valence electrons. The number of rotatable bonds is 3. The van der Waals surface area contributed by atoms with Crippen molar-refractivity contribution in [2.45, 2.75) is 18.9 Å². The van der Waals surface area contributed by atoms with Gasteiger partial charge in [0.2, 0.25) is 0 Å². The van der Waals surface area contributed by atoms with E-state index in [1.807, 2.05) is 6.08 Å². The van der Waals surface area contributed by atoms with E-state index in [0.29, 0.717) is 5.92 Å². The van der Waals surface area contributed by atoms with Crippen LogP contribution in [0.3, 0.4) is 0 Å². The van der Waals surface area contributed by atoms with Crippen molar-refractivity contribution in [1.29, 1.82) is 0 Å². The number of aliphatic hydroxyl groups excluding tert-OH is 3. The van der Waals surface area contributed by atoms with Gasteiger partial charge in [-0.2, -0.15) is 0 Å². The van der Waals surface area contributed by atoms with E-state index in [1.54, 1.807) is 0 Å². The van der Waals surface area contributed by atoms with Gasteiger partial charge in [0.1, 0.15) is 0 Å². The van der Waals surface area contributed by atoms with Crippen molar-refractivity contribution in [3.05, 3.63) is 12.7 Å². The summed E-state index contributed by atoms with van der Waals surface area (Å²) in [6.45, 7) is 3.68. The second-order valence-electron chi connectivity index (χ2n) is 3.84. The standard InChI is InChI=1S/C10H18O3/c1-2-7-3-8(5-11)10(13)9(4-7)6-12/h2,7-13H,1,3-6H2. The lowest BCUT2D eigenvalue weighted by Crippen LogP contribution is -2.40. The summed E-state index contributed by atoms with van der Waals surface area (Å²) in [6.07, 6.45) is 2.83. The summed E-state index contributed by atoms with van der Waals surface area (Å²) in [5.74, 6) is 0.112. The highest BCUT2D eigenvalue weighted by molar-refractivity contribution is 4.92. The minimum atomic E-state index is -0.564. The molecule has 0 bridgehead atoms. The molecule has 0 saturated heterocycles. The van der Waals surface area contributed by atoms with Crippen LogP contribution < -0.4 is 0 Å². The van der Waals surface area contributed by atoms with Crippen LogP contribution in [-0.4, -0.2) is 34.6 Å². The van der Waals surface area contributed by atoms with E-state index in [4.69, 9.17) is 10.2 Å². The molecule has 13 heavy (non-hydrogen) atoms. The first-order valence-electron chi connectivity index (χ1n) is 4.75. The molecule has 1 fully saturated rings. The molecule has 0 spiro atoms. The molecule has 0 aromatic rings. The van der Waals surface area contributed by atoms with Gasteiger partial charge in [-0.05, 0) is 18.8 Å². The van der Waals surface area contributed by atoms with Crippen LogP contribution in [0.25, 0.3) is 0 Å². The van der Waals surface area contributed by atoms with Crippen molar-refractivity contribution in [3.63, 3.8) is 0 Å². The molecular weight excluding hydrogens is 168 g/mol. The zero-order valence-electron chi connectivity index (χ0n) is 7.76. The Bertz CT molecular complexity index is 156. The molecule has 3 N–H and O–H groups in total. The molecule has 0 aliphatic heterocycles. The molecule has 1 saturated carbocycles. The lowest BCUT2D eigenvalue weighted by atomic mass is 9.73. The zero-order chi connectivity index (χ0) is 9.84. The van der Waals surface area contributed by atoms with Crippen LogP contribution in [-0.2, 0) is 0 Å². The van der Waals surface area contributed by atoms with Crippen molar-refractivity contribution in [1.82, 2.24) is 0 Å². The van der Waals surface area contributed by atoms with Gasteiger partial charge < -0.3 is 15.3 Å². The quantitative estimate of drug-likeness (QED) is 0.550. The van der Waals surface area contributed by atoms with E-state index in [2.05, 4.69) is 6.58 Å². The number of hydrogen-bond donors (Lipinski definition) is 3. The van der Waals surface area contributed by atoms with E-state index < -0.39 is 6.10 Å². The van der Waals surface area contributed by atoms with Crippen LogP contribution in [0.2, 0.25) is 0 Å². The summed E-state index contributed by atoms with van der Waals surface area (Å²) < 4.78 is 0. The van der Waals surface area contributed by atoms with Gasteiger partial charge in [0.25, 0.3) is 0 Å². The molecule has 2 unspecified atom stereocenters. The minimum Gasteiger partial charge on any atom is -0.396 e. The van der Waals surface area contributed by atoms with Gasteiger partial charge in [0.05, 0.1) is 6.10 Å². The van der Waals surface area contributed by atoms with E-state index in [0.717, 1.165) is 12.8 Å². The summed E-state index contributed by atoms with van der Waals surface area (Å²) >= 11 is 0. The maximum atomic E-state index is 9.69. The zero-order valence-corrected chi connectivity index (χ0v) is 7.76. The SMILES string of the molecule is C=CC1CC(CO)C(O)C(CO)C1. The van der Waals surface area contributed by atoms with Crippen LogP contribution >= 0.6 is 0 Å². The highest BCUT2D eigenvalue weighted by Gasteiger charge is 2.34. The summed E-state index contributed by atoms with van der Waals surface area (Å²) in [4.78, 5) is 0. The average Bonchev–Trinajstić information content (AvgIpc) is 2.18. The van der Waals surface area contributed by atoms with Crippen LogP contribution in [0.15, 0.2) is 12.7 Å². The summed E-state index contributed by atoms with van der Waals surface area (Å²) in [7, 11) is 0. The molecule has 3 heteroatoms. The molecule has 0 aromatic carbocycles. The third-order valence-corrected chi connectivity index (χ3v) is 2.98. The Labute approximate surface area is 78.7 Å². The Kier molecular flexibility index (Phi) is 3.90. The van der Waals surface area contributed by atoms with Gasteiger partial charge in [0.15, 0.2) is 0 Å². The number of aliphatic hydroxyl groups is 3. The van der Waals surface area contributed by atoms with E-state index in [1.165, 1.54) is 0 Å². The fourth-order valence-corrected chi connectivity index (χ4v) is 2.10. The Balaban J connectivity index is 2.61. The first kappa shape index (κ1) is 10.7. The van der Waals surface area contributed by atoms with Gasteiger partial charge in [-0.15, -0.1) is 6.58 Å². The highest BCUT2D eigenvalue weighted by atomic mass is 16.3. The topological polar surface area (TPSA) is 60.7 Å². The van der Waals surface area contributed by atoms with Gasteiger partial charge >= 0.3 is 0 Å². The fraction of sp³-hybridized carbons (Fsp3) is 0.800. The van der Waals surface area contributed by atoms with Crippen molar-refractivity contribution >= 4 is 0 Å². The first-order valence-corrected chi connectivity index (χ1v) is 4.75. The number of hydrogen-bond acceptors (Lipinski definition) is 3. The van der Waals surface area contributed by atoms with Crippen LogP contribution in [0.4, 0.5) is 0 Å². The van der Waals surface area contributed by atoms with Gasteiger partial charge in [-0.1, -0.05) is 6.08 Å². The number of allylic oxidation sites excluding steroid dienone is 1. The molecule has 1 aliphatic carbocycles. The third-order valence-electron chi connectivity index (χ3n) is 2.98. The van der Waals surface area contributed by atoms with Crippen molar-refractivity contribution < 1.29 is 15.3 Å². The highest BCUT2D eigenvalue weighted by Crippen LogP contribution is 2.33. The van der Waals surface area contributed by atoms with Crippen LogP contribution in [0, 0.1) is 17.8 Å². The minimum absolute atomic E-state index is 0.0119. The van der Waals surface area contributed by atoms with E-state index in [-0.39, 0.29) is 25.0 Å². The lowest BCUT2D eigenvalue weighted by molar-refractivity contribution is -0.0372.